The van der Waals surface area contributed by atoms with Gasteiger partial charge in [0.2, 0.25) is 0 Å². The molecule has 0 aromatic carbocycles. The van der Waals surface area contributed by atoms with Crippen molar-refractivity contribution in [1.29, 1.82) is 0 Å². The molecule has 14 heavy (non-hydrogen) atoms. The maximum atomic E-state index is 11.5. The van der Waals surface area contributed by atoms with Crippen molar-refractivity contribution < 1.29 is 9.53 Å². The number of hydrogen-bond donors (Lipinski definition) is 0. The van der Waals surface area contributed by atoms with E-state index in [1.165, 1.54) is 5.54 Å². The number of likely N-dealkylation sites (tertiary alicyclic amines) is 1. The number of carbonyl (C=O) groups excluding carboxylic acids is 1. The summed E-state index contributed by atoms with van der Waals surface area (Å²) in [4.78, 5) is 13.6. The van der Waals surface area contributed by atoms with Crippen LogP contribution in [-0.4, -0.2) is 36.6 Å². The number of esters is 1. The second-order valence-electron chi connectivity index (χ2n) is 3.27. The highest BCUT2D eigenvalue weighted by atomic mass is 35.5. The topological polar surface area (TPSA) is 29.5 Å². The first-order valence-electron chi connectivity index (χ1n) is 4.95. The lowest BCUT2D eigenvalue weighted by atomic mass is 10.2. The van der Waals surface area contributed by atoms with Crippen molar-refractivity contribution in [1.82, 2.24) is 4.90 Å². The Kier molecular flexibility index (Phi) is 4.98. The van der Waals surface area contributed by atoms with Gasteiger partial charge in [-0.15, -0.1) is 0 Å². The Balaban J connectivity index is 2.45. The molecule has 1 aliphatic rings. The lowest BCUT2D eigenvalue weighted by Crippen LogP contribution is -2.37. The third-order valence-corrected chi connectivity index (χ3v) is 2.53. The first-order valence-corrected chi connectivity index (χ1v) is 5.39. The standard InChI is InChI=1S/C10H16ClNO2/c1-2-14-10(13)9-5-3-7-12(9)8-4-6-11/h4,6,9H,2-3,5,7-8H2,1H3. The van der Waals surface area contributed by atoms with Crippen molar-refractivity contribution in [3.05, 3.63) is 11.6 Å². The minimum Gasteiger partial charge on any atom is -0.465 e. The van der Waals surface area contributed by atoms with Crippen LogP contribution in [0.3, 0.4) is 0 Å². The molecule has 0 radical (unpaired) electrons. The van der Waals surface area contributed by atoms with Gasteiger partial charge in [0.15, 0.2) is 0 Å². The predicted molar refractivity (Wildman–Crippen MR) is 56.2 cm³/mol. The van der Waals surface area contributed by atoms with E-state index in [1.54, 1.807) is 0 Å². The number of halogens is 1. The van der Waals surface area contributed by atoms with E-state index in [1.807, 2.05) is 13.0 Å². The quantitative estimate of drug-likeness (QED) is 0.673. The largest absolute Gasteiger partial charge is 0.465 e. The Hall–Kier alpha value is -0.540. The summed E-state index contributed by atoms with van der Waals surface area (Å²) in [5, 5.41) is 0. The Morgan fingerprint density at radius 1 is 1.71 bits per heavy atom. The summed E-state index contributed by atoms with van der Waals surface area (Å²) in [5.41, 5.74) is 1.49. The highest BCUT2D eigenvalue weighted by molar-refractivity contribution is 6.25. The molecule has 0 saturated carbocycles. The van der Waals surface area contributed by atoms with Crippen LogP contribution in [0.15, 0.2) is 11.6 Å². The Labute approximate surface area is 89.7 Å². The van der Waals surface area contributed by atoms with Gasteiger partial charge in [0.05, 0.1) is 6.61 Å². The van der Waals surface area contributed by atoms with Crippen LogP contribution in [-0.2, 0) is 9.53 Å². The fourth-order valence-corrected chi connectivity index (χ4v) is 1.80. The minimum absolute atomic E-state index is 0.0668. The third kappa shape index (κ3) is 3.00. The Morgan fingerprint density at radius 3 is 3.14 bits per heavy atom. The van der Waals surface area contributed by atoms with Gasteiger partial charge in [-0.1, -0.05) is 17.7 Å². The van der Waals surface area contributed by atoms with E-state index in [0.717, 1.165) is 25.9 Å². The van der Waals surface area contributed by atoms with Crippen molar-refractivity contribution >= 4 is 17.6 Å². The number of nitrogens with zero attached hydrogens (tertiary/aromatic N) is 1. The van der Waals surface area contributed by atoms with Gasteiger partial charge in [0.1, 0.15) is 6.04 Å². The van der Waals surface area contributed by atoms with Gasteiger partial charge in [-0.3, -0.25) is 9.69 Å². The Bertz CT molecular complexity index is 218. The lowest BCUT2D eigenvalue weighted by Gasteiger charge is -2.20. The van der Waals surface area contributed by atoms with Crippen LogP contribution in [0.25, 0.3) is 0 Å². The van der Waals surface area contributed by atoms with E-state index < -0.39 is 0 Å². The first-order chi connectivity index (χ1) is 6.79. The molecule has 0 N–H and O–H groups in total. The van der Waals surface area contributed by atoms with Crippen LogP contribution < -0.4 is 0 Å². The highest BCUT2D eigenvalue weighted by Crippen LogP contribution is 2.18. The van der Waals surface area contributed by atoms with Crippen LogP contribution in [0.4, 0.5) is 0 Å². The average molecular weight is 218 g/mol. The number of hydrogen-bond acceptors (Lipinski definition) is 3. The van der Waals surface area contributed by atoms with Crippen molar-refractivity contribution in [2.24, 2.45) is 0 Å². The minimum atomic E-state index is -0.104. The van der Waals surface area contributed by atoms with E-state index in [9.17, 15) is 4.79 Å². The molecule has 1 unspecified atom stereocenters. The van der Waals surface area contributed by atoms with E-state index >= 15 is 0 Å². The summed E-state index contributed by atoms with van der Waals surface area (Å²) in [5.74, 6) is -0.104. The first kappa shape index (κ1) is 11.5. The average Bonchev–Trinajstić information content (AvgIpc) is 2.63. The SMILES string of the molecule is CCOC(=O)C1CCCN1CC=CCl. The van der Waals surface area contributed by atoms with Gasteiger partial charge < -0.3 is 4.74 Å². The zero-order valence-corrected chi connectivity index (χ0v) is 9.17. The molecule has 0 spiro atoms. The Morgan fingerprint density at radius 2 is 2.50 bits per heavy atom. The lowest BCUT2D eigenvalue weighted by molar-refractivity contribution is -0.148. The van der Waals surface area contributed by atoms with Gasteiger partial charge in [0.25, 0.3) is 0 Å². The zero-order valence-electron chi connectivity index (χ0n) is 8.41. The molecule has 0 amide bonds. The molecule has 4 heteroatoms. The van der Waals surface area contributed by atoms with Gasteiger partial charge >= 0.3 is 5.97 Å². The molecule has 1 aliphatic heterocycles. The zero-order chi connectivity index (χ0) is 10.4. The monoisotopic (exact) mass is 217 g/mol. The summed E-state index contributed by atoms with van der Waals surface area (Å²) in [6.07, 6.45) is 3.80. The number of rotatable bonds is 4. The summed E-state index contributed by atoms with van der Waals surface area (Å²) < 4.78 is 5.00. The van der Waals surface area contributed by atoms with Gasteiger partial charge in [-0.05, 0) is 26.3 Å². The van der Waals surface area contributed by atoms with Crippen molar-refractivity contribution in [2.75, 3.05) is 19.7 Å². The van der Waals surface area contributed by atoms with E-state index in [2.05, 4.69) is 4.90 Å². The summed E-state index contributed by atoms with van der Waals surface area (Å²) in [6, 6.07) is -0.0668. The molecule has 1 fully saturated rings. The summed E-state index contributed by atoms with van der Waals surface area (Å²) >= 11 is 5.45. The van der Waals surface area contributed by atoms with Crippen molar-refractivity contribution in [3.63, 3.8) is 0 Å². The third-order valence-electron chi connectivity index (χ3n) is 2.35. The number of carbonyl (C=O) groups is 1. The summed E-state index contributed by atoms with van der Waals surface area (Å²) in [6.45, 7) is 3.96. The molecular formula is C10H16ClNO2. The molecule has 1 atom stereocenters. The van der Waals surface area contributed by atoms with Gasteiger partial charge in [0, 0.05) is 12.1 Å². The second kappa shape index (κ2) is 6.04. The fourth-order valence-electron chi connectivity index (χ4n) is 1.73. The van der Waals surface area contributed by atoms with Crippen LogP contribution in [0.1, 0.15) is 19.8 Å². The van der Waals surface area contributed by atoms with Crippen molar-refractivity contribution in [3.8, 4) is 0 Å². The maximum Gasteiger partial charge on any atom is 0.323 e. The van der Waals surface area contributed by atoms with Crippen LogP contribution in [0, 0.1) is 0 Å². The maximum absolute atomic E-state index is 11.5. The molecule has 0 aliphatic carbocycles. The van der Waals surface area contributed by atoms with Gasteiger partial charge in [-0.25, -0.2) is 0 Å². The molecule has 1 rings (SSSR count). The molecule has 0 bridgehead atoms. The molecule has 0 aromatic rings. The fraction of sp³-hybridized carbons (Fsp3) is 0.700. The smallest absolute Gasteiger partial charge is 0.323 e. The van der Waals surface area contributed by atoms with E-state index in [4.69, 9.17) is 16.3 Å². The molecule has 1 saturated heterocycles. The summed E-state index contributed by atoms with van der Waals surface area (Å²) in [7, 11) is 0. The van der Waals surface area contributed by atoms with Crippen LogP contribution in [0.5, 0.6) is 0 Å². The van der Waals surface area contributed by atoms with E-state index in [-0.39, 0.29) is 12.0 Å². The van der Waals surface area contributed by atoms with Crippen LogP contribution >= 0.6 is 11.6 Å². The molecule has 0 aromatic heterocycles. The molecule has 3 nitrogen and oxygen atoms in total. The van der Waals surface area contributed by atoms with Crippen LogP contribution in [0.2, 0.25) is 0 Å². The highest BCUT2D eigenvalue weighted by Gasteiger charge is 2.30. The van der Waals surface area contributed by atoms with Crippen molar-refractivity contribution in [2.45, 2.75) is 25.8 Å². The molecule has 1 heterocycles. The number of ether oxygens (including phenoxy) is 1. The normalized spacial score (nSPS) is 23.1. The molecule has 80 valence electrons. The molecular weight excluding hydrogens is 202 g/mol. The van der Waals surface area contributed by atoms with E-state index in [0.29, 0.717) is 6.61 Å². The van der Waals surface area contributed by atoms with Gasteiger partial charge in [-0.2, -0.15) is 0 Å². The predicted octanol–water partition coefficient (Wildman–Crippen LogP) is 1.77. The second-order valence-corrected chi connectivity index (χ2v) is 3.52.